The molecule has 0 aromatic heterocycles. The fourth-order valence-corrected chi connectivity index (χ4v) is 9.91. The second-order valence-corrected chi connectivity index (χ2v) is 16.7. The van der Waals surface area contributed by atoms with Crippen LogP contribution in [0.2, 0.25) is 0 Å². The highest BCUT2D eigenvalue weighted by Crippen LogP contribution is 2.52. The summed E-state index contributed by atoms with van der Waals surface area (Å²) >= 11 is 4.69. The molecule has 10 aromatic rings. The predicted molar refractivity (Wildman–Crippen MR) is 255 cm³/mol. The van der Waals surface area contributed by atoms with E-state index in [9.17, 15) is 0 Å². The van der Waals surface area contributed by atoms with Gasteiger partial charge in [-0.15, -0.1) is 12.6 Å². The van der Waals surface area contributed by atoms with Crippen molar-refractivity contribution in [3.8, 4) is 44.5 Å². The first-order chi connectivity index (χ1) is 29.0. The van der Waals surface area contributed by atoms with Gasteiger partial charge in [-0.25, -0.2) is 0 Å². The average Bonchev–Trinajstić information content (AvgIpc) is 3.52. The lowest BCUT2D eigenvalue weighted by Crippen LogP contribution is -2.16. The van der Waals surface area contributed by atoms with Gasteiger partial charge in [-0.1, -0.05) is 166 Å². The van der Waals surface area contributed by atoms with E-state index in [1.807, 2.05) is 0 Å². The lowest BCUT2D eigenvalue weighted by molar-refractivity contribution is 0.660. The van der Waals surface area contributed by atoms with Crippen LogP contribution in [0.1, 0.15) is 25.0 Å². The lowest BCUT2D eigenvalue weighted by atomic mass is 9.81. The highest BCUT2D eigenvalue weighted by atomic mass is 32.1. The first kappa shape index (κ1) is 35.3. The molecule has 0 N–H and O–H groups in total. The number of thiol groups is 1. The van der Waals surface area contributed by atoms with Crippen LogP contribution in [-0.2, 0) is 5.41 Å². The SMILES string of the molecule is CC1(C)c2ccccc2-c2ccc(N(c3ccc(S)cc3)c3ccc4c(c3)c3ccccc3c3c(-c5ccccc5)cc(-c5ccccc5)c(-c5ccccc5)c43)cc21. The number of rotatable bonds is 6. The topological polar surface area (TPSA) is 3.24 Å². The monoisotopic (exact) mass is 771 g/mol. The average molecular weight is 772 g/mol. The third-order valence-electron chi connectivity index (χ3n) is 12.5. The van der Waals surface area contributed by atoms with Crippen LogP contribution in [-0.4, -0.2) is 0 Å². The molecule has 11 rings (SSSR count). The molecule has 0 saturated carbocycles. The minimum atomic E-state index is -0.123. The van der Waals surface area contributed by atoms with Gasteiger partial charge < -0.3 is 4.90 Å². The maximum Gasteiger partial charge on any atom is 0.0468 e. The van der Waals surface area contributed by atoms with Crippen molar-refractivity contribution in [2.45, 2.75) is 24.2 Å². The predicted octanol–water partition coefficient (Wildman–Crippen LogP) is 16.2. The lowest BCUT2D eigenvalue weighted by Gasteiger charge is -2.29. The minimum absolute atomic E-state index is 0.123. The van der Waals surface area contributed by atoms with Crippen molar-refractivity contribution in [1.82, 2.24) is 0 Å². The second-order valence-electron chi connectivity index (χ2n) is 16.2. The molecule has 0 aliphatic heterocycles. The quantitative estimate of drug-likeness (QED) is 0.130. The number of hydrogen-bond acceptors (Lipinski definition) is 2. The third kappa shape index (κ3) is 5.70. The maximum absolute atomic E-state index is 4.69. The summed E-state index contributed by atoms with van der Waals surface area (Å²) in [6, 6.07) is 75.7. The van der Waals surface area contributed by atoms with Crippen LogP contribution in [0.3, 0.4) is 0 Å². The van der Waals surface area contributed by atoms with E-state index in [0.29, 0.717) is 0 Å². The Labute approximate surface area is 351 Å². The summed E-state index contributed by atoms with van der Waals surface area (Å²) in [6.07, 6.45) is 0. The summed E-state index contributed by atoms with van der Waals surface area (Å²) in [4.78, 5) is 3.35. The van der Waals surface area contributed by atoms with Gasteiger partial charge in [0.05, 0.1) is 0 Å². The van der Waals surface area contributed by atoms with Gasteiger partial charge in [0.25, 0.3) is 0 Å². The Morgan fingerprint density at radius 3 is 1.59 bits per heavy atom. The third-order valence-corrected chi connectivity index (χ3v) is 12.8. The van der Waals surface area contributed by atoms with Gasteiger partial charge in [0, 0.05) is 27.4 Å². The fraction of sp³-hybridized carbons (Fsp3) is 0.0526. The van der Waals surface area contributed by atoms with Gasteiger partial charge in [-0.05, 0) is 143 Å². The molecule has 10 aromatic carbocycles. The molecule has 1 aliphatic carbocycles. The highest BCUT2D eigenvalue weighted by Gasteiger charge is 2.36. The van der Waals surface area contributed by atoms with E-state index in [0.717, 1.165) is 22.0 Å². The van der Waals surface area contributed by atoms with Crippen LogP contribution in [0.4, 0.5) is 17.1 Å². The second kappa shape index (κ2) is 13.9. The zero-order valence-corrected chi connectivity index (χ0v) is 33.9. The number of nitrogens with zero attached hydrogens (tertiary/aromatic N) is 1. The molecule has 0 bridgehead atoms. The van der Waals surface area contributed by atoms with Crippen molar-refractivity contribution in [2.24, 2.45) is 0 Å². The van der Waals surface area contributed by atoms with Crippen molar-refractivity contribution in [3.63, 3.8) is 0 Å². The largest absolute Gasteiger partial charge is 0.310 e. The van der Waals surface area contributed by atoms with Gasteiger partial charge >= 0.3 is 0 Å². The standard InChI is InChI=1S/C57H41NS/c1-57(2)52-25-15-14-23-45(52)46-32-28-42(35-53(46)57)58(40-26-30-43(59)31-27-40)41-29-33-48-51(34-41)44-22-12-13-24-47(44)55-50(38-18-8-4-9-19-38)36-49(37-16-6-3-7-17-37)54(56(48)55)39-20-10-5-11-21-39/h3-36,59H,1-2H3. The molecule has 0 amide bonds. The van der Waals surface area contributed by atoms with Crippen LogP contribution in [0.15, 0.2) is 211 Å². The van der Waals surface area contributed by atoms with Gasteiger partial charge in [-0.2, -0.15) is 0 Å². The Kier molecular flexibility index (Phi) is 8.32. The van der Waals surface area contributed by atoms with Crippen LogP contribution in [0.25, 0.3) is 76.8 Å². The Morgan fingerprint density at radius 1 is 0.356 bits per heavy atom. The molecular weight excluding hydrogens is 731 g/mol. The van der Waals surface area contributed by atoms with Crippen molar-refractivity contribution in [2.75, 3.05) is 4.90 Å². The molecule has 0 fully saturated rings. The summed E-state index contributed by atoms with van der Waals surface area (Å²) < 4.78 is 0. The van der Waals surface area contributed by atoms with Crippen molar-refractivity contribution in [1.29, 1.82) is 0 Å². The van der Waals surface area contributed by atoms with Crippen molar-refractivity contribution < 1.29 is 0 Å². The molecule has 0 unspecified atom stereocenters. The van der Waals surface area contributed by atoms with E-state index in [-0.39, 0.29) is 5.41 Å². The Hall–Kier alpha value is -6.87. The summed E-state index contributed by atoms with van der Waals surface area (Å²) in [5, 5.41) is 7.46. The van der Waals surface area contributed by atoms with E-state index in [1.165, 1.54) is 88.0 Å². The molecule has 0 atom stereocenters. The smallest absolute Gasteiger partial charge is 0.0468 e. The zero-order valence-electron chi connectivity index (χ0n) is 33.0. The molecular formula is C57H41NS. The van der Waals surface area contributed by atoms with E-state index < -0.39 is 0 Å². The number of benzene rings is 10. The molecule has 0 heterocycles. The van der Waals surface area contributed by atoms with Crippen LogP contribution in [0.5, 0.6) is 0 Å². The molecule has 280 valence electrons. The van der Waals surface area contributed by atoms with E-state index in [2.05, 4.69) is 225 Å². The van der Waals surface area contributed by atoms with E-state index in [4.69, 9.17) is 12.6 Å². The molecule has 0 radical (unpaired) electrons. The fourth-order valence-electron chi connectivity index (χ4n) is 9.76. The van der Waals surface area contributed by atoms with Gasteiger partial charge in [0.2, 0.25) is 0 Å². The Morgan fingerprint density at radius 2 is 0.881 bits per heavy atom. The summed E-state index contributed by atoms with van der Waals surface area (Å²) in [5.74, 6) is 0. The summed E-state index contributed by atoms with van der Waals surface area (Å²) in [5.41, 5.74) is 15.9. The van der Waals surface area contributed by atoms with Gasteiger partial charge in [0.1, 0.15) is 0 Å². The number of fused-ring (bicyclic) bond motifs is 9. The van der Waals surface area contributed by atoms with E-state index >= 15 is 0 Å². The first-order valence-electron chi connectivity index (χ1n) is 20.4. The normalized spacial score (nSPS) is 12.8. The Balaban J connectivity index is 1.24. The molecule has 2 heteroatoms. The molecule has 59 heavy (non-hydrogen) atoms. The molecule has 0 spiro atoms. The molecule has 1 aliphatic rings. The van der Waals surface area contributed by atoms with Crippen molar-refractivity contribution >= 4 is 62.0 Å². The van der Waals surface area contributed by atoms with Crippen molar-refractivity contribution in [3.05, 3.63) is 217 Å². The highest BCUT2D eigenvalue weighted by molar-refractivity contribution is 7.80. The van der Waals surface area contributed by atoms with Crippen LogP contribution < -0.4 is 4.90 Å². The molecule has 1 nitrogen and oxygen atoms in total. The van der Waals surface area contributed by atoms with Crippen LogP contribution >= 0.6 is 12.6 Å². The summed E-state index contributed by atoms with van der Waals surface area (Å²) in [6.45, 7) is 4.71. The van der Waals surface area contributed by atoms with Crippen LogP contribution in [0, 0.1) is 0 Å². The molecule has 0 saturated heterocycles. The number of hydrogen-bond donors (Lipinski definition) is 1. The first-order valence-corrected chi connectivity index (χ1v) is 20.9. The Bertz CT molecular complexity index is 3220. The summed E-state index contributed by atoms with van der Waals surface area (Å²) in [7, 11) is 0. The zero-order chi connectivity index (χ0) is 39.7. The van der Waals surface area contributed by atoms with Gasteiger partial charge in [-0.3, -0.25) is 0 Å². The number of anilines is 3. The van der Waals surface area contributed by atoms with E-state index in [1.54, 1.807) is 0 Å². The minimum Gasteiger partial charge on any atom is -0.310 e. The van der Waals surface area contributed by atoms with Gasteiger partial charge in [0.15, 0.2) is 0 Å². The maximum atomic E-state index is 4.69.